The molecule has 0 N–H and O–H groups in total. The van der Waals surface area contributed by atoms with Crippen molar-refractivity contribution in [2.45, 2.75) is 57.2 Å². The number of hydrogen-bond donors (Lipinski definition) is 0. The zero-order valence-corrected chi connectivity index (χ0v) is 10.2. The summed E-state index contributed by atoms with van der Waals surface area (Å²) < 4.78 is 5.95. The fourth-order valence-electron chi connectivity index (χ4n) is 2.71. The van der Waals surface area contributed by atoms with E-state index in [9.17, 15) is 0 Å². The van der Waals surface area contributed by atoms with Crippen molar-refractivity contribution >= 4 is 11.6 Å². The highest BCUT2D eigenvalue weighted by Gasteiger charge is 2.29. The molecule has 3 heteroatoms. The normalized spacial score (nSPS) is 31.9. The van der Waals surface area contributed by atoms with Crippen molar-refractivity contribution in [3.8, 4) is 6.07 Å². The predicted molar refractivity (Wildman–Crippen MR) is 64.0 cm³/mol. The summed E-state index contributed by atoms with van der Waals surface area (Å²) in [4.78, 5) is 0. The van der Waals surface area contributed by atoms with Gasteiger partial charge >= 0.3 is 0 Å². The van der Waals surface area contributed by atoms with E-state index in [-0.39, 0.29) is 12.2 Å². The summed E-state index contributed by atoms with van der Waals surface area (Å²) in [6, 6.07) is 2.17. The summed E-state index contributed by atoms with van der Waals surface area (Å²) in [7, 11) is 0. The molecule has 0 aromatic rings. The highest BCUT2D eigenvalue weighted by molar-refractivity contribution is 6.29. The highest BCUT2D eigenvalue weighted by Crippen LogP contribution is 2.34. The van der Waals surface area contributed by atoms with Crippen LogP contribution < -0.4 is 0 Å². The lowest BCUT2D eigenvalue weighted by Crippen LogP contribution is -2.32. The molecule has 1 heterocycles. The van der Waals surface area contributed by atoms with Gasteiger partial charge in [0.25, 0.3) is 0 Å². The Labute approximate surface area is 102 Å². The number of hydrogen-bond acceptors (Lipinski definition) is 2. The van der Waals surface area contributed by atoms with Crippen molar-refractivity contribution in [2.75, 3.05) is 0 Å². The summed E-state index contributed by atoms with van der Waals surface area (Å²) in [5, 5.41) is 9.59. The van der Waals surface area contributed by atoms with Crippen molar-refractivity contribution in [2.24, 2.45) is 5.92 Å². The fraction of sp³-hybridized carbons (Fsp3) is 0.769. The molecular formula is C13H18ClNO. The molecule has 2 nitrogen and oxygen atoms in total. The van der Waals surface area contributed by atoms with E-state index in [0.29, 0.717) is 18.8 Å². The van der Waals surface area contributed by atoms with E-state index in [1.54, 1.807) is 0 Å². The number of ether oxygens (including phenoxy) is 1. The molecule has 0 saturated heterocycles. The van der Waals surface area contributed by atoms with Gasteiger partial charge in [-0.1, -0.05) is 30.9 Å². The SMILES string of the molecule is N#CC[C@H]1CC(Cl)=C[C@@H](C2CCCCC2)O1. The molecule has 0 spiro atoms. The minimum Gasteiger partial charge on any atom is -0.369 e. The minimum atomic E-state index is 0.00873. The van der Waals surface area contributed by atoms with Gasteiger partial charge in [0.05, 0.1) is 24.7 Å². The summed E-state index contributed by atoms with van der Waals surface area (Å²) in [6.07, 6.45) is 9.82. The molecule has 0 amide bonds. The molecule has 1 aliphatic heterocycles. The Morgan fingerprint density at radius 2 is 2.12 bits per heavy atom. The van der Waals surface area contributed by atoms with E-state index in [1.807, 2.05) is 0 Å². The monoisotopic (exact) mass is 239 g/mol. The maximum absolute atomic E-state index is 8.71. The summed E-state index contributed by atoms with van der Waals surface area (Å²) >= 11 is 6.13. The van der Waals surface area contributed by atoms with Gasteiger partial charge in [-0.25, -0.2) is 0 Å². The van der Waals surface area contributed by atoms with Gasteiger partial charge in [0.15, 0.2) is 0 Å². The second-order valence-electron chi connectivity index (χ2n) is 4.80. The molecule has 2 rings (SSSR count). The van der Waals surface area contributed by atoms with Crippen LogP contribution in [0.25, 0.3) is 0 Å². The Balaban J connectivity index is 1.98. The molecule has 0 unspecified atom stereocenters. The molecule has 0 radical (unpaired) electrons. The van der Waals surface area contributed by atoms with Gasteiger partial charge in [0, 0.05) is 11.5 Å². The lowest BCUT2D eigenvalue weighted by molar-refractivity contribution is -0.0296. The molecule has 0 bridgehead atoms. The van der Waals surface area contributed by atoms with Crippen molar-refractivity contribution in [3.63, 3.8) is 0 Å². The number of rotatable bonds is 2. The average Bonchev–Trinajstić information content (AvgIpc) is 2.30. The lowest BCUT2D eigenvalue weighted by atomic mass is 9.84. The van der Waals surface area contributed by atoms with Crippen LogP contribution in [0.1, 0.15) is 44.9 Å². The Morgan fingerprint density at radius 1 is 1.38 bits per heavy atom. The minimum absolute atomic E-state index is 0.00873. The summed E-state index contributed by atoms with van der Waals surface area (Å²) in [5.41, 5.74) is 0. The first-order valence-corrected chi connectivity index (χ1v) is 6.56. The van der Waals surface area contributed by atoms with Gasteiger partial charge in [0.1, 0.15) is 0 Å². The second-order valence-corrected chi connectivity index (χ2v) is 5.29. The van der Waals surface area contributed by atoms with E-state index in [2.05, 4.69) is 12.1 Å². The first-order valence-electron chi connectivity index (χ1n) is 6.18. The molecule has 2 aliphatic rings. The third-order valence-electron chi connectivity index (χ3n) is 3.55. The molecule has 0 aromatic heterocycles. The van der Waals surface area contributed by atoms with E-state index < -0.39 is 0 Å². The van der Waals surface area contributed by atoms with Crippen LogP contribution in [0.4, 0.5) is 0 Å². The number of nitriles is 1. The fourth-order valence-corrected chi connectivity index (χ4v) is 3.00. The number of nitrogens with zero attached hydrogens (tertiary/aromatic N) is 1. The Morgan fingerprint density at radius 3 is 2.81 bits per heavy atom. The molecule has 1 fully saturated rings. The van der Waals surface area contributed by atoms with Gasteiger partial charge < -0.3 is 4.74 Å². The standard InChI is InChI=1S/C13H18ClNO/c14-11-8-12(6-7-15)16-13(9-11)10-4-2-1-3-5-10/h9-10,12-13H,1-6,8H2/t12-,13-/m0/s1. The van der Waals surface area contributed by atoms with Crippen LogP contribution in [0.15, 0.2) is 11.1 Å². The van der Waals surface area contributed by atoms with Gasteiger partial charge in [-0.05, 0) is 24.8 Å². The Kier molecular flexibility index (Phi) is 4.26. The highest BCUT2D eigenvalue weighted by atomic mass is 35.5. The summed E-state index contributed by atoms with van der Waals surface area (Å²) in [5.74, 6) is 0.615. The molecule has 88 valence electrons. The van der Waals surface area contributed by atoms with E-state index in [4.69, 9.17) is 21.6 Å². The first-order chi connectivity index (χ1) is 7.79. The van der Waals surface area contributed by atoms with Crippen molar-refractivity contribution < 1.29 is 4.74 Å². The van der Waals surface area contributed by atoms with Crippen molar-refractivity contribution in [1.29, 1.82) is 5.26 Å². The quantitative estimate of drug-likeness (QED) is 0.735. The van der Waals surface area contributed by atoms with E-state index in [1.165, 1.54) is 32.1 Å². The van der Waals surface area contributed by atoms with Crippen molar-refractivity contribution in [3.05, 3.63) is 11.1 Å². The van der Waals surface area contributed by atoms with Crippen LogP contribution in [-0.2, 0) is 4.74 Å². The molecule has 16 heavy (non-hydrogen) atoms. The predicted octanol–water partition coefficient (Wildman–Crippen LogP) is 3.76. The van der Waals surface area contributed by atoms with E-state index in [0.717, 1.165) is 5.03 Å². The molecule has 1 aliphatic carbocycles. The van der Waals surface area contributed by atoms with Gasteiger partial charge in [0.2, 0.25) is 0 Å². The maximum Gasteiger partial charge on any atom is 0.0802 e. The third-order valence-corrected chi connectivity index (χ3v) is 3.83. The van der Waals surface area contributed by atoms with Crippen LogP contribution in [0.2, 0.25) is 0 Å². The van der Waals surface area contributed by atoms with Crippen LogP contribution in [0.5, 0.6) is 0 Å². The van der Waals surface area contributed by atoms with Gasteiger partial charge in [-0.3, -0.25) is 0 Å². The van der Waals surface area contributed by atoms with Crippen LogP contribution in [-0.4, -0.2) is 12.2 Å². The lowest BCUT2D eigenvalue weighted by Gasteiger charge is -2.34. The van der Waals surface area contributed by atoms with Gasteiger partial charge in [-0.2, -0.15) is 5.26 Å². The van der Waals surface area contributed by atoms with Crippen LogP contribution in [0.3, 0.4) is 0 Å². The zero-order chi connectivity index (χ0) is 11.4. The third kappa shape index (κ3) is 2.99. The zero-order valence-electron chi connectivity index (χ0n) is 9.49. The molecule has 1 saturated carbocycles. The topological polar surface area (TPSA) is 33.0 Å². The van der Waals surface area contributed by atoms with Crippen LogP contribution in [0, 0.1) is 17.2 Å². The van der Waals surface area contributed by atoms with Gasteiger partial charge in [-0.15, -0.1) is 0 Å². The Bertz CT molecular complexity index is 302. The smallest absolute Gasteiger partial charge is 0.0802 e. The molecule has 2 atom stereocenters. The van der Waals surface area contributed by atoms with Crippen molar-refractivity contribution in [1.82, 2.24) is 0 Å². The van der Waals surface area contributed by atoms with Crippen LogP contribution >= 0.6 is 11.6 Å². The second kappa shape index (κ2) is 5.70. The molecular weight excluding hydrogens is 222 g/mol. The Hall–Kier alpha value is -0.520. The maximum atomic E-state index is 8.71. The number of halogens is 1. The molecule has 0 aromatic carbocycles. The average molecular weight is 240 g/mol. The largest absolute Gasteiger partial charge is 0.369 e. The van der Waals surface area contributed by atoms with E-state index >= 15 is 0 Å². The first kappa shape index (κ1) is 12.0. The summed E-state index contributed by atoms with van der Waals surface area (Å²) in [6.45, 7) is 0.